The van der Waals surface area contributed by atoms with E-state index >= 15 is 0 Å². The molecule has 26 heavy (non-hydrogen) atoms. The monoisotopic (exact) mass is 367 g/mol. The van der Waals surface area contributed by atoms with Crippen LogP contribution in [0.1, 0.15) is 18.4 Å². The number of ether oxygens (including phenoxy) is 1. The van der Waals surface area contributed by atoms with Gasteiger partial charge in [0, 0.05) is 37.8 Å². The van der Waals surface area contributed by atoms with E-state index in [1.165, 1.54) is 6.07 Å². The molecule has 0 aliphatic carbocycles. The number of carbonyl (C=O) groups is 2. The fourth-order valence-electron chi connectivity index (χ4n) is 3.58. The molecule has 1 aromatic rings. The molecule has 1 unspecified atom stereocenters. The largest absolute Gasteiger partial charge is 0.435 e. The molecule has 1 aromatic carbocycles. The molecular weight excluding hydrogens is 344 g/mol. The number of benzene rings is 1. The maximum atomic E-state index is 12.7. The molecule has 3 rings (SSSR count). The first-order valence-electron chi connectivity index (χ1n) is 8.85. The van der Waals surface area contributed by atoms with Gasteiger partial charge in [-0.05, 0) is 18.9 Å². The molecule has 0 bridgehead atoms. The zero-order valence-corrected chi connectivity index (χ0v) is 14.5. The summed E-state index contributed by atoms with van der Waals surface area (Å²) in [7, 11) is 0. The number of nitrogens with one attached hydrogen (secondary N) is 1. The molecule has 2 aliphatic rings. The molecule has 6 nitrogen and oxygen atoms in total. The molecule has 2 amide bonds. The number of likely N-dealkylation sites (tertiary alicyclic amines) is 1. The van der Waals surface area contributed by atoms with Crippen LogP contribution < -0.4 is 10.1 Å². The van der Waals surface area contributed by atoms with Gasteiger partial charge in [-0.15, -0.1) is 0 Å². The lowest BCUT2D eigenvalue weighted by Crippen LogP contribution is -2.57. The van der Waals surface area contributed by atoms with Gasteiger partial charge in [0.25, 0.3) is 0 Å². The SMILES string of the molecule is O=C(Cc1ccccc1OC(F)F)N1CCCC(N2CCNCC2=O)C1. The second-order valence-corrected chi connectivity index (χ2v) is 6.56. The van der Waals surface area contributed by atoms with Crippen LogP contribution in [0.4, 0.5) is 8.78 Å². The quantitative estimate of drug-likeness (QED) is 0.851. The van der Waals surface area contributed by atoms with Crippen LogP contribution in [0.5, 0.6) is 5.75 Å². The second-order valence-electron chi connectivity index (χ2n) is 6.56. The Kier molecular flexibility index (Phi) is 6.03. The summed E-state index contributed by atoms with van der Waals surface area (Å²) in [6.45, 7) is -0.0755. The third-order valence-corrected chi connectivity index (χ3v) is 4.85. The third-order valence-electron chi connectivity index (χ3n) is 4.85. The van der Waals surface area contributed by atoms with Gasteiger partial charge in [-0.1, -0.05) is 18.2 Å². The van der Waals surface area contributed by atoms with Crippen LogP contribution >= 0.6 is 0 Å². The molecule has 2 aliphatic heterocycles. The number of carbonyl (C=O) groups excluding carboxylic acids is 2. The van der Waals surface area contributed by atoms with Crippen LogP contribution in [0.2, 0.25) is 0 Å². The molecule has 0 saturated carbocycles. The molecule has 1 atom stereocenters. The average molecular weight is 367 g/mol. The first-order chi connectivity index (χ1) is 12.5. The fourth-order valence-corrected chi connectivity index (χ4v) is 3.58. The van der Waals surface area contributed by atoms with Crippen LogP contribution in [-0.2, 0) is 16.0 Å². The van der Waals surface area contributed by atoms with Crippen LogP contribution in [0.15, 0.2) is 24.3 Å². The Morgan fingerprint density at radius 1 is 1.31 bits per heavy atom. The van der Waals surface area contributed by atoms with Gasteiger partial charge in [-0.25, -0.2) is 0 Å². The number of piperidine rings is 1. The zero-order valence-electron chi connectivity index (χ0n) is 14.5. The van der Waals surface area contributed by atoms with Gasteiger partial charge in [0.2, 0.25) is 11.8 Å². The summed E-state index contributed by atoms with van der Waals surface area (Å²) >= 11 is 0. The Morgan fingerprint density at radius 3 is 2.88 bits per heavy atom. The Morgan fingerprint density at radius 2 is 2.12 bits per heavy atom. The minimum absolute atomic E-state index is 0.00507. The number of alkyl halides is 2. The van der Waals surface area contributed by atoms with E-state index < -0.39 is 6.61 Å². The van der Waals surface area contributed by atoms with E-state index in [2.05, 4.69) is 10.1 Å². The molecule has 0 spiro atoms. The number of halogens is 2. The van der Waals surface area contributed by atoms with E-state index in [-0.39, 0.29) is 30.0 Å². The minimum Gasteiger partial charge on any atom is -0.435 e. The van der Waals surface area contributed by atoms with Crippen molar-refractivity contribution in [3.05, 3.63) is 29.8 Å². The van der Waals surface area contributed by atoms with Crippen molar-refractivity contribution in [3.8, 4) is 5.75 Å². The molecule has 0 radical (unpaired) electrons. The summed E-state index contributed by atoms with van der Waals surface area (Å²) < 4.78 is 29.6. The summed E-state index contributed by atoms with van der Waals surface area (Å²) in [5.74, 6) is -0.0458. The van der Waals surface area contributed by atoms with Gasteiger partial charge in [-0.3, -0.25) is 9.59 Å². The topological polar surface area (TPSA) is 61.9 Å². The Bertz CT molecular complexity index is 656. The number of rotatable bonds is 5. The van der Waals surface area contributed by atoms with E-state index in [1.54, 1.807) is 23.1 Å². The number of para-hydroxylation sites is 1. The van der Waals surface area contributed by atoms with Crippen molar-refractivity contribution < 1.29 is 23.1 Å². The summed E-state index contributed by atoms with van der Waals surface area (Å²) in [6, 6.07) is 6.37. The predicted molar refractivity (Wildman–Crippen MR) is 91.0 cm³/mol. The van der Waals surface area contributed by atoms with Gasteiger partial charge >= 0.3 is 6.61 Å². The number of hydrogen-bond donors (Lipinski definition) is 1. The molecule has 0 aromatic heterocycles. The van der Waals surface area contributed by atoms with Gasteiger partial charge < -0.3 is 19.9 Å². The molecule has 8 heteroatoms. The van der Waals surface area contributed by atoms with E-state index in [1.807, 2.05) is 4.90 Å². The molecular formula is C18H23F2N3O3. The smallest absolute Gasteiger partial charge is 0.387 e. The fraction of sp³-hybridized carbons (Fsp3) is 0.556. The molecule has 2 fully saturated rings. The average Bonchev–Trinajstić information content (AvgIpc) is 2.63. The third kappa shape index (κ3) is 4.49. The first kappa shape index (κ1) is 18.6. The lowest BCUT2D eigenvalue weighted by atomic mass is 10.0. The van der Waals surface area contributed by atoms with Crippen molar-refractivity contribution >= 4 is 11.8 Å². The highest BCUT2D eigenvalue weighted by Crippen LogP contribution is 2.23. The highest BCUT2D eigenvalue weighted by molar-refractivity contribution is 5.81. The summed E-state index contributed by atoms with van der Waals surface area (Å²) in [5.41, 5.74) is 0.443. The van der Waals surface area contributed by atoms with Gasteiger partial charge in [0.15, 0.2) is 0 Å². The highest BCUT2D eigenvalue weighted by Gasteiger charge is 2.31. The second kappa shape index (κ2) is 8.44. The van der Waals surface area contributed by atoms with Gasteiger partial charge in [0.1, 0.15) is 5.75 Å². The molecule has 142 valence electrons. The lowest BCUT2D eigenvalue weighted by molar-refractivity contribution is -0.140. The normalized spacial score (nSPS) is 21.2. The van der Waals surface area contributed by atoms with Crippen molar-refractivity contribution in [2.45, 2.75) is 31.9 Å². The highest BCUT2D eigenvalue weighted by atomic mass is 19.3. The molecule has 2 heterocycles. The van der Waals surface area contributed by atoms with Crippen LogP contribution in [-0.4, -0.2) is 67.0 Å². The van der Waals surface area contributed by atoms with Crippen LogP contribution in [0.25, 0.3) is 0 Å². The standard InChI is InChI=1S/C18H23F2N3O3/c19-18(20)26-15-6-2-1-4-13(15)10-16(24)22-8-3-5-14(12-22)23-9-7-21-11-17(23)25/h1-2,4,6,14,18,21H,3,5,7-12H2. The Labute approximate surface area is 151 Å². The molecule has 2 saturated heterocycles. The Hall–Kier alpha value is -2.22. The number of hydrogen-bond acceptors (Lipinski definition) is 4. The predicted octanol–water partition coefficient (Wildman–Crippen LogP) is 1.25. The van der Waals surface area contributed by atoms with E-state index in [0.29, 0.717) is 31.7 Å². The van der Waals surface area contributed by atoms with Crippen molar-refractivity contribution in [2.75, 3.05) is 32.7 Å². The maximum absolute atomic E-state index is 12.7. The van der Waals surface area contributed by atoms with Crippen molar-refractivity contribution in [2.24, 2.45) is 0 Å². The van der Waals surface area contributed by atoms with Gasteiger partial charge in [-0.2, -0.15) is 8.78 Å². The van der Waals surface area contributed by atoms with E-state index in [4.69, 9.17) is 0 Å². The minimum atomic E-state index is -2.93. The maximum Gasteiger partial charge on any atom is 0.387 e. The van der Waals surface area contributed by atoms with Crippen molar-refractivity contribution in [1.29, 1.82) is 0 Å². The van der Waals surface area contributed by atoms with Crippen molar-refractivity contribution in [3.63, 3.8) is 0 Å². The molecule has 1 N–H and O–H groups in total. The van der Waals surface area contributed by atoms with Crippen LogP contribution in [0.3, 0.4) is 0 Å². The summed E-state index contributed by atoms with van der Waals surface area (Å²) in [5, 5.41) is 3.05. The Balaban J connectivity index is 1.64. The first-order valence-corrected chi connectivity index (χ1v) is 8.85. The van der Waals surface area contributed by atoms with Gasteiger partial charge in [0.05, 0.1) is 13.0 Å². The number of amides is 2. The number of piperazine rings is 1. The summed E-state index contributed by atoms with van der Waals surface area (Å²) in [4.78, 5) is 28.3. The number of nitrogens with zero attached hydrogens (tertiary/aromatic N) is 2. The van der Waals surface area contributed by atoms with Crippen LogP contribution in [0, 0.1) is 0 Å². The summed E-state index contributed by atoms with van der Waals surface area (Å²) in [6.07, 6.45) is 1.70. The zero-order chi connectivity index (χ0) is 18.5. The van der Waals surface area contributed by atoms with Crippen molar-refractivity contribution in [1.82, 2.24) is 15.1 Å². The van der Waals surface area contributed by atoms with E-state index in [0.717, 1.165) is 19.4 Å². The lowest BCUT2D eigenvalue weighted by Gasteiger charge is -2.41. The van der Waals surface area contributed by atoms with E-state index in [9.17, 15) is 18.4 Å².